The molecule has 3 aromatic rings. The SMILES string of the molecule is CCCOC(=O)NCCOCCOCC(=O)OCCN(CCOC(C)=O)CC(=O)N(CCCc1cccc(C(F)(F)F)c1)[C@H](C)c1cccc2ccccc12. The number of benzene rings is 3. The Morgan fingerprint density at radius 1 is 0.800 bits per heavy atom. The van der Waals surface area contributed by atoms with Crippen LogP contribution in [0, 0.1) is 0 Å². The number of amides is 2. The lowest BCUT2D eigenvalue weighted by Crippen LogP contribution is -2.44. The summed E-state index contributed by atoms with van der Waals surface area (Å²) in [5.74, 6) is -1.35. The van der Waals surface area contributed by atoms with Crippen molar-refractivity contribution in [1.82, 2.24) is 15.1 Å². The number of carbonyl (C=O) groups is 4. The first-order valence-corrected chi connectivity index (χ1v) is 18.4. The number of carbonyl (C=O) groups excluding carboxylic acids is 4. The van der Waals surface area contributed by atoms with Gasteiger partial charge in [0.1, 0.15) is 19.8 Å². The molecule has 0 bridgehead atoms. The molecule has 2 amide bonds. The van der Waals surface area contributed by atoms with Crippen LogP contribution in [0.2, 0.25) is 0 Å². The first kappa shape index (κ1) is 44.7. The van der Waals surface area contributed by atoms with Crippen LogP contribution in [0.3, 0.4) is 0 Å². The molecule has 0 radical (unpaired) electrons. The Kier molecular flexibility index (Phi) is 19.4. The van der Waals surface area contributed by atoms with E-state index in [0.717, 1.165) is 34.9 Å². The number of aryl methyl sites for hydroxylation is 1. The van der Waals surface area contributed by atoms with Gasteiger partial charge in [0.15, 0.2) is 0 Å². The summed E-state index contributed by atoms with van der Waals surface area (Å²) in [5, 5.41) is 4.53. The van der Waals surface area contributed by atoms with E-state index in [1.807, 2.05) is 56.3 Å². The van der Waals surface area contributed by atoms with Gasteiger partial charge in [-0.25, -0.2) is 9.59 Å². The average Bonchev–Trinajstić information content (AvgIpc) is 3.15. The van der Waals surface area contributed by atoms with Crippen molar-refractivity contribution in [3.8, 4) is 0 Å². The highest BCUT2D eigenvalue weighted by Crippen LogP contribution is 2.31. The van der Waals surface area contributed by atoms with E-state index in [4.69, 9.17) is 23.7 Å². The zero-order chi connectivity index (χ0) is 40.1. The van der Waals surface area contributed by atoms with Gasteiger partial charge in [-0.1, -0.05) is 67.6 Å². The van der Waals surface area contributed by atoms with E-state index in [1.165, 1.54) is 13.0 Å². The Labute approximate surface area is 320 Å². The minimum Gasteiger partial charge on any atom is -0.465 e. The Balaban J connectivity index is 1.60. The summed E-state index contributed by atoms with van der Waals surface area (Å²) in [6, 6.07) is 18.5. The molecular weight excluding hydrogens is 723 g/mol. The first-order valence-electron chi connectivity index (χ1n) is 18.4. The quantitative estimate of drug-likeness (QED) is 0.0661. The highest BCUT2D eigenvalue weighted by atomic mass is 19.4. The second kappa shape index (κ2) is 23.9. The summed E-state index contributed by atoms with van der Waals surface area (Å²) in [4.78, 5) is 52.8. The number of hydrogen-bond donors (Lipinski definition) is 1. The highest BCUT2D eigenvalue weighted by molar-refractivity contribution is 5.87. The summed E-state index contributed by atoms with van der Waals surface area (Å²) in [6.45, 7) is 6.35. The van der Waals surface area contributed by atoms with E-state index in [0.29, 0.717) is 25.0 Å². The molecule has 0 saturated heterocycles. The minimum atomic E-state index is -4.46. The zero-order valence-corrected chi connectivity index (χ0v) is 31.7. The second-order valence-corrected chi connectivity index (χ2v) is 12.7. The number of halogens is 3. The summed E-state index contributed by atoms with van der Waals surface area (Å²) in [5.41, 5.74) is 0.708. The van der Waals surface area contributed by atoms with Crippen molar-refractivity contribution in [2.45, 2.75) is 52.3 Å². The normalized spacial score (nSPS) is 12.0. The van der Waals surface area contributed by atoms with Gasteiger partial charge in [0, 0.05) is 33.1 Å². The number of alkyl carbamates (subject to hydrolysis) is 1. The van der Waals surface area contributed by atoms with Gasteiger partial charge in [-0.3, -0.25) is 14.5 Å². The van der Waals surface area contributed by atoms with E-state index in [9.17, 15) is 32.3 Å². The number of nitrogens with one attached hydrogen (secondary N) is 1. The lowest BCUT2D eigenvalue weighted by atomic mass is 9.98. The van der Waals surface area contributed by atoms with Crippen molar-refractivity contribution >= 4 is 34.7 Å². The van der Waals surface area contributed by atoms with Crippen molar-refractivity contribution < 1.29 is 56.0 Å². The first-order chi connectivity index (χ1) is 26.4. The van der Waals surface area contributed by atoms with E-state index in [2.05, 4.69) is 5.32 Å². The van der Waals surface area contributed by atoms with Gasteiger partial charge in [0.05, 0.1) is 44.6 Å². The summed E-state index contributed by atoms with van der Waals surface area (Å²) in [6.07, 6.45) is -3.52. The third-order valence-electron chi connectivity index (χ3n) is 8.47. The Bertz CT molecular complexity index is 1650. The van der Waals surface area contributed by atoms with Crippen LogP contribution in [0.5, 0.6) is 0 Å². The zero-order valence-electron chi connectivity index (χ0n) is 31.7. The molecular formula is C40H52F3N3O9. The molecule has 0 aliphatic rings. The van der Waals surface area contributed by atoms with Crippen LogP contribution in [-0.2, 0) is 50.7 Å². The predicted octanol–water partition coefficient (Wildman–Crippen LogP) is 5.96. The molecule has 0 aromatic heterocycles. The standard InChI is InChI=1S/C40H52F3N3O9/c1-4-21-55-39(50)44-17-22-51-25-26-52-29-38(49)54-24-20-45(19-23-53-31(3)47)28-37(48)46(18-9-11-32-10-7-14-34(27-32)40(41,42)43)30(2)35-16-8-13-33-12-5-6-15-36(33)35/h5-8,10,12-16,27,30H,4,9,11,17-26,28-29H2,1-3H3,(H,44,50)/t30-/m1/s1. The highest BCUT2D eigenvalue weighted by Gasteiger charge is 2.30. The molecule has 0 unspecified atom stereocenters. The number of ether oxygens (including phenoxy) is 5. The van der Waals surface area contributed by atoms with Crippen molar-refractivity contribution in [2.75, 3.05) is 79.0 Å². The number of esters is 2. The van der Waals surface area contributed by atoms with Crippen LogP contribution in [-0.4, -0.2) is 113 Å². The van der Waals surface area contributed by atoms with E-state index < -0.39 is 35.8 Å². The Morgan fingerprint density at radius 3 is 2.25 bits per heavy atom. The molecule has 0 heterocycles. The number of nitrogens with zero attached hydrogens (tertiary/aromatic N) is 2. The third kappa shape index (κ3) is 16.7. The predicted molar refractivity (Wildman–Crippen MR) is 199 cm³/mol. The number of hydrogen-bond acceptors (Lipinski definition) is 10. The molecule has 12 nitrogen and oxygen atoms in total. The Hall–Kier alpha value is -4.73. The summed E-state index contributed by atoms with van der Waals surface area (Å²) in [7, 11) is 0. The van der Waals surface area contributed by atoms with Gasteiger partial charge in [0.2, 0.25) is 5.91 Å². The van der Waals surface area contributed by atoms with Gasteiger partial charge >= 0.3 is 24.2 Å². The fraction of sp³-hybridized carbons (Fsp3) is 0.500. The molecule has 0 saturated carbocycles. The molecule has 3 aromatic carbocycles. The van der Waals surface area contributed by atoms with Gasteiger partial charge < -0.3 is 33.9 Å². The number of rotatable bonds is 24. The molecule has 0 aliphatic heterocycles. The van der Waals surface area contributed by atoms with E-state index >= 15 is 0 Å². The minimum absolute atomic E-state index is 0.00351. The smallest absolute Gasteiger partial charge is 0.416 e. The summed E-state index contributed by atoms with van der Waals surface area (Å²) >= 11 is 0. The number of fused-ring (bicyclic) bond motifs is 1. The maximum absolute atomic E-state index is 14.1. The molecule has 302 valence electrons. The number of alkyl halides is 3. The topological polar surface area (TPSA) is 133 Å². The fourth-order valence-electron chi connectivity index (χ4n) is 5.72. The van der Waals surface area contributed by atoms with Crippen molar-refractivity contribution in [2.24, 2.45) is 0 Å². The van der Waals surface area contributed by atoms with Crippen LogP contribution in [0.15, 0.2) is 66.7 Å². The maximum Gasteiger partial charge on any atom is 0.416 e. The van der Waals surface area contributed by atoms with Crippen molar-refractivity contribution in [3.63, 3.8) is 0 Å². The van der Waals surface area contributed by atoms with Gasteiger partial charge in [-0.15, -0.1) is 0 Å². The van der Waals surface area contributed by atoms with Crippen LogP contribution >= 0.6 is 0 Å². The molecule has 0 spiro atoms. The van der Waals surface area contributed by atoms with Crippen molar-refractivity contribution in [1.29, 1.82) is 0 Å². The lowest BCUT2D eigenvalue weighted by Gasteiger charge is -2.33. The lowest BCUT2D eigenvalue weighted by molar-refractivity contribution is -0.150. The third-order valence-corrected chi connectivity index (χ3v) is 8.47. The fourth-order valence-corrected chi connectivity index (χ4v) is 5.72. The second-order valence-electron chi connectivity index (χ2n) is 12.7. The van der Waals surface area contributed by atoms with Crippen LogP contribution in [0.1, 0.15) is 56.3 Å². The Morgan fingerprint density at radius 2 is 1.51 bits per heavy atom. The van der Waals surface area contributed by atoms with Crippen LogP contribution in [0.4, 0.5) is 18.0 Å². The molecule has 1 N–H and O–H groups in total. The van der Waals surface area contributed by atoms with E-state index in [1.54, 1.807) is 15.9 Å². The molecule has 0 aliphatic carbocycles. The van der Waals surface area contributed by atoms with Crippen LogP contribution < -0.4 is 5.32 Å². The van der Waals surface area contributed by atoms with E-state index in [-0.39, 0.29) is 78.3 Å². The van der Waals surface area contributed by atoms with Crippen LogP contribution in [0.25, 0.3) is 10.8 Å². The molecule has 55 heavy (non-hydrogen) atoms. The van der Waals surface area contributed by atoms with Gasteiger partial charge in [-0.2, -0.15) is 13.2 Å². The maximum atomic E-state index is 14.1. The molecule has 15 heteroatoms. The molecule has 3 rings (SSSR count). The van der Waals surface area contributed by atoms with Gasteiger partial charge in [0.25, 0.3) is 0 Å². The largest absolute Gasteiger partial charge is 0.465 e. The monoisotopic (exact) mass is 775 g/mol. The average molecular weight is 776 g/mol. The van der Waals surface area contributed by atoms with Gasteiger partial charge in [-0.05, 0) is 54.2 Å². The molecule has 0 fully saturated rings. The summed E-state index contributed by atoms with van der Waals surface area (Å²) < 4.78 is 66.1. The molecule has 1 atom stereocenters. The van der Waals surface area contributed by atoms with Crippen molar-refractivity contribution in [3.05, 3.63) is 83.4 Å².